The molecule has 0 radical (unpaired) electrons. The van der Waals surface area contributed by atoms with E-state index >= 15 is 0 Å². The zero-order chi connectivity index (χ0) is 17.4. The number of hydrogen-bond acceptors (Lipinski definition) is 3. The van der Waals surface area contributed by atoms with Gasteiger partial charge in [-0.25, -0.2) is 0 Å². The quantitative estimate of drug-likeness (QED) is 0.766. The van der Waals surface area contributed by atoms with Crippen molar-refractivity contribution in [1.82, 2.24) is 9.80 Å². The largest absolute Gasteiger partial charge is 0.378 e. The number of hydrogen-bond donors (Lipinski definition) is 0. The summed E-state index contributed by atoms with van der Waals surface area (Å²) in [6.07, 6.45) is 16.9. The maximum atomic E-state index is 13.1. The lowest BCUT2D eigenvalue weighted by Crippen LogP contribution is -2.40. The second-order valence-electron chi connectivity index (χ2n) is 8.40. The molecule has 0 bridgehead atoms. The molecule has 1 heterocycles. The van der Waals surface area contributed by atoms with E-state index in [9.17, 15) is 4.79 Å². The molecule has 4 rings (SSSR count). The first-order valence-electron chi connectivity index (χ1n) is 9.84. The maximum absolute atomic E-state index is 13.1. The lowest BCUT2D eigenvalue weighted by Gasteiger charge is -2.33. The zero-order valence-electron chi connectivity index (χ0n) is 15.6. The summed E-state index contributed by atoms with van der Waals surface area (Å²) in [6.45, 7) is 3.39. The minimum atomic E-state index is 0.217. The first-order valence-corrected chi connectivity index (χ1v) is 9.84. The van der Waals surface area contributed by atoms with Crippen LogP contribution in [0.5, 0.6) is 0 Å². The summed E-state index contributed by atoms with van der Waals surface area (Å²) in [5.74, 6) is 1.91. The summed E-state index contributed by atoms with van der Waals surface area (Å²) in [5, 5.41) is 0. The Kier molecular flexibility index (Phi) is 4.68. The van der Waals surface area contributed by atoms with Crippen LogP contribution in [-0.2, 0) is 4.79 Å². The smallest absolute Gasteiger partial charge is 0.163 e. The van der Waals surface area contributed by atoms with Crippen LogP contribution in [0.25, 0.3) is 0 Å². The highest BCUT2D eigenvalue weighted by molar-refractivity contribution is 5.98. The highest BCUT2D eigenvalue weighted by Gasteiger charge is 2.32. The Hall–Kier alpha value is -1.61. The molecule has 0 spiro atoms. The van der Waals surface area contributed by atoms with Crippen LogP contribution in [0.3, 0.4) is 0 Å². The van der Waals surface area contributed by atoms with Crippen LogP contribution in [0.15, 0.2) is 47.2 Å². The first-order chi connectivity index (χ1) is 12.1. The van der Waals surface area contributed by atoms with Gasteiger partial charge < -0.3 is 9.80 Å². The lowest BCUT2D eigenvalue weighted by atomic mass is 9.79. The molecule has 2 unspecified atom stereocenters. The van der Waals surface area contributed by atoms with Gasteiger partial charge in [0.15, 0.2) is 5.78 Å². The van der Waals surface area contributed by atoms with Crippen molar-refractivity contribution in [2.45, 2.75) is 32.1 Å². The Bertz CT molecular complexity index is 664. The molecule has 0 aromatic rings. The minimum Gasteiger partial charge on any atom is -0.378 e. The summed E-state index contributed by atoms with van der Waals surface area (Å²) in [4.78, 5) is 17.8. The van der Waals surface area contributed by atoms with Gasteiger partial charge >= 0.3 is 0 Å². The molecule has 1 saturated heterocycles. The number of ketones is 1. The molecule has 134 valence electrons. The minimum absolute atomic E-state index is 0.217. The van der Waals surface area contributed by atoms with Gasteiger partial charge in [0, 0.05) is 44.7 Å². The van der Waals surface area contributed by atoms with Crippen molar-refractivity contribution in [2.24, 2.45) is 17.8 Å². The van der Waals surface area contributed by atoms with Crippen LogP contribution in [-0.4, -0.2) is 49.3 Å². The lowest BCUT2D eigenvalue weighted by molar-refractivity contribution is -0.121. The number of nitrogens with zero attached hydrogens (tertiary/aromatic N) is 2. The number of piperidine rings is 1. The van der Waals surface area contributed by atoms with Crippen molar-refractivity contribution in [3.63, 3.8) is 0 Å². The van der Waals surface area contributed by atoms with Crippen LogP contribution in [0, 0.1) is 17.8 Å². The van der Waals surface area contributed by atoms with Crippen molar-refractivity contribution >= 4 is 5.78 Å². The van der Waals surface area contributed by atoms with Gasteiger partial charge in [-0.15, -0.1) is 0 Å². The summed E-state index contributed by atoms with van der Waals surface area (Å²) < 4.78 is 0. The number of likely N-dealkylation sites (tertiary alicyclic amines) is 1. The molecule has 0 amide bonds. The monoisotopic (exact) mass is 338 g/mol. The van der Waals surface area contributed by atoms with E-state index in [0.29, 0.717) is 11.7 Å². The van der Waals surface area contributed by atoms with E-state index < -0.39 is 0 Å². The molecule has 3 heteroatoms. The first kappa shape index (κ1) is 16.8. The summed E-state index contributed by atoms with van der Waals surface area (Å²) in [7, 11) is 4.14. The van der Waals surface area contributed by atoms with E-state index in [0.717, 1.165) is 30.9 Å². The third kappa shape index (κ3) is 3.82. The van der Waals surface area contributed by atoms with E-state index in [-0.39, 0.29) is 5.92 Å². The number of fused-ring (bicyclic) bond motifs is 1. The van der Waals surface area contributed by atoms with Crippen molar-refractivity contribution in [2.75, 3.05) is 33.7 Å². The third-order valence-electron chi connectivity index (χ3n) is 6.08. The van der Waals surface area contributed by atoms with Crippen LogP contribution >= 0.6 is 0 Å². The molecule has 1 aliphatic heterocycles. The molecule has 4 aliphatic rings. The molecule has 3 nitrogen and oxygen atoms in total. The van der Waals surface area contributed by atoms with Gasteiger partial charge in [-0.3, -0.25) is 4.79 Å². The van der Waals surface area contributed by atoms with E-state index in [4.69, 9.17) is 0 Å². The van der Waals surface area contributed by atoms with E-state index in [1.165, 1.54) is 43.6 Å². The number of rotatable bonds is 5. The number of carbonyl (C=O) groups excluding carboxylic acids is 1. The summed E-state index contributed by atoms with van der Waals surface area (Å²) in [6, 6.07) is 0. The second-order valence-corrected chi connectivity index (χ2v) is 8.40. The average Bonchev–Trinajstić information content (AvgIpc) is 3.44. The molecule has 25 heavy (non-hydrogen) atoms. The van der Waals surface area contributed by atoms with E-state index in [2.05, 4.69) is 54.3 Å². The van der Waals surface area contributed by atoms with Gasteiger partial charge in [-0.2, -0.15) is 0 Å². The Balaban J connectivity index is 1.43. The summed E-state index contributed by atoms with van der Waals surface area (Å²) in [5.41, 5.74) is 3.61. The molecule has 2 fully saturated rings. The van der Waals surface area contributed by atoms with Crippen LogP contribution in [0.2, 0.25) is 0 Å². The fraction of sp³-hybridized carbons (Fsp3) is 0.591. The van der Waals surface area contributed by atoms with Crippen LogP contribution < -0.4 is 0 Å². The van der Waals surface area contributed by atoms with Crippen molar-refractivity contribution in [3.8, 4) is 0 Å². The fourth-order valence-corrected chi connectivity index (χ4v) is 4.34. The Labute approximate surface area is 151 Å². The predicted octanol–water partition coefficient (Wildman–Crippen LogP) is 3.57. The number of allylic oxidation sites excluding steroid dienone is 7. The second kappa shape index (κ2) is 6.95. The number of carbonyl (C=O) groups is 1. The number of Topliss-reactive ketones (excluding diaryl/α,β-unsaturated/α-hetero) is 1. The molecule has 2 atom stereocenters. The highest BCUT2D eigenvalue weighted by Crippen LogP contribution is 2.35. The molecule has 1 saturated carbocycles. The normalized spacial score (nSPS) is 29.4. The Morgan fingerprint density at radius 1 is 1.24 bits per heavy atom. The van der Waals surface area contributed by atoms with Gasteiger partial charge in [-0.05, 0) is 67.9 Å². The molecule has 3 aliphatic carbocycles. The van der Waals surface area contributed by atoms with Gasteiger partial charge in [0.05, 0.1) is 0 Å². The zero-order valence-corrected chi connectivity index (χ0v) is 15.6. The van der Waals surface area contributed by atoms with E-state index in [1.807, 2.05) is 0 Å². The SMILES string of the molecule is CN(C)C1=CC2=CC=C(C(=O)C3CCCN(CC4CC4)C3)CC2C=C1. The predicted molar refractivity (Wildman–Crippen MR) is 102 cm³/mol. The van der Waals surface area contributed by atoms with Gasteiger partial charge in [0.2, 0.25) is 0 Å². The molecular weight excluding hydrogens is 308 g/mol. The highest BCUT2D eigenvalue weighted by atomic mass is 16.1. The van der Waals surface area contributed by atoms with Gasteiger partial charge in [-0.1, -0.05) is 18.2 Å². The number of likely N-dealkylation sites (N-methyl/N-ethyl adjacent to an activating group) is 1. The Morgan fingerprint density at radius 3 is 2.84 bits per heavy atom. The van der Waals surface area contributed by atoms with Crippen molar-refractivity contribution in [1.29, 1.82) is 0 Å². The third-order valence-corrected chi connectivity index (χ3v) is 6.08. The molecule has 0 aromatic heterocycles. The van der Waals surface area contributed by atoms with Gasteiger partial charge in [0.25, 0.3) is 0 Å². The molecule has 0 N–H and O–H groups in total. The molecule has 0 aromatic carbocycles. The van der Waals surface area contributed by atoms with Crippen molar-refractivity contribution in [3.05, 3.63) is 47.2 Å². The average molecular weight is 338 g/mol. The van der Waals surface area contributed by atoms with Crippen LogP contribution in [0.1, 0.15) is 32.1 Å². The van der Waals surface area contributed by atoms with Crippen molar-refractivity contribution < 1.29 is 4.79 Å². The van der Waals surface area contributed by atoms with Crippen LogP contribution in [0.4, 0.5) is 0 Å². The maximum Gasteiger partial charge on any atom is 0.163 e. The standard InChI is InChI=1S/C22H30N2O/c1-23(2)21-10-9-17-12-19(8-7-18(17)13-21)22(25)20-4-3-11-24(15-20)14-16-5-6-16/h7-10,13,16-17,20H,3-6,11-12,14-15H2,1-2H3. The molecular formula is C22H30N2O. The van der Waals surface area contributed by atoms with E-state index in [1.54, 1.807) is 0 Å². The fourth-order valence-electron chi connectivity index (χ4n) is 4.34. The summed E-state index contributed by atoms with van der Waals surface area (Å²) >= 11 is 0. The Morgan fingerprint density at radius 2 is 2.08 bits per heavy atom. The van der Waals surface area contributed by atoms with Gasteiger partial charge in [0.1, 0.15) is 0 Å². The topological polar surface area (TPSA) is 23.6 Å².